The Hall–Kier alpha value is -1.95. The number of nitrogens with zero attached hydrogens (tertiary/aromatic N) is 2. The van der Waals surface area contributed by atoms with Crippen LogP contribution in [0.5, 0.6) is 0 Å². The zero-order valence-electron chi connectivity index (χ0n) is 9.88. The second kappa shape index (κ2) is 5.59. The molecule has 0 radical (unpaired) electrons. The minimum absolute atomic E-state index is 0.000493. The van der Waals surface area contributed by atoms with E-state index in [1.165, 1.54) is 22.0 Å². The first-order valence-corrected chi connectivity index (χ1v) is 6.32. The van der Waals surface area contributed by atoms with Gasteiger partial charge in [-0.3, -0.25) is 0 Å². The second-order valence-corrected chi connectivity index (χ2v) is 5.13. The number of hydrogen-bond donors (Lipinski definition) is 2. The molecule has 0 spiro atoms. The topological polar surface area (TPSA) is 75.1 Å². The second-order valence-electron chi connectivity index (χ2n) is 3.76. The highest BCUT2D eigenvalue weighted by molar-refractivity contribution is 7.11. The van der Waals surface area contributed by atoms with Gasteiger partial charge in [-0.05, 0) is 31.5 Å². The Morgan fingerprint density at radius 1 is 1.44 bits per heavy atom. The molecule has 0 aliphatic carbocycles. The molecule has 0 unspecified atom stereocenters. The Morgan fingerprint density at radius 3 is 2.94 bits per heavy atom. The van der Waals surface area contributed by atoms with Gasteiger partial charge in [0.25, 0.3) is 0 Å². The number of rotatable bonds is 5. The van der Waals surface area contributed by atoms with Crippen molar-refractivity contribution in [3.8, 4) is 0 Å². The van der Waals surface area contributed by atoms with Gasteiger partial charge in [0.15, 0.2) is 5.69 Å². The predicted molar refractivity (Wildman–Crippen MR) is 70.2 cm³/mol. The van der Waals surface area contributed by atoms with Crippen molar-refractivity contribution in [3.63, 3.8) is 0 Å². The summed E-state index contributed by atoms with van der Waals surface area (Å²) in [4.78, 5) is 21.2. The summed E-state index contributed by atoms with van der Waals surface area (Å²) in [6.45, 7) is 2.75. The normalized spacial score (nSPS) is 10.3. The third-order valence-corrected chi connectivity index (χ3v) is 3.39. The maximum absolute atomic E-state index is 10.7. The molecule has 2 heterocycles. The lowest BCUT2D eigenvalue weighted by molar-refractivity contribution is 0.0690. The van der Waals surface area contributed by atoms with Gasteiger partial charge in [0.1, 0.15) is 0 Å². The van der Waals surface area contributed by atoms with Crippen LogP contribution in [-0.4, -0.2) is 27.6 Å². The molecule has 0 bridgehead atoms. The maximum Gasteiger partial charge on any atom is 0.354 e. The van der Waals surface area contributed by atoms with Crippen molar-refractivity contribution in [2.75, 3.05) is 11.9 Å². The third kappa shape index (κ3) is 3.27. The van der Waals surface area contributed by atoms with Crippen LogP contribution in [0.1, 0.15) is 20.2 Å². The fourth-order valence-electron chi connectivity index (χ4n) is 1.48. The van der Waals surface area contributed by atoms with E-state index in [2.05, 4.69) is 34.3 Å². The highest BCUT2D eigenvalue weighted by Gasteiger charge is 2.05. The summed E-state index contributed by atoms with van der Waals surface area (Å²) in [6, 6.07) is 5.55. The molecule has 6 heteroatoms. The molecule has 2 aromatic heterocycles. The molecule has 0 saturated heterocycles. The van der Waals surface area contributed by atoms with Crippen LogP contribution in [0.4, 0.5) is 5.95 Å². The number of thiophene rings is 1. The number of nitrogens with one attached hydrogen (secondary N) is 1. The van der Waals surface area contributed by atoms with E-state index in [-0.39, 0.29) is 5.69 Å². The SMILES string of the molecule is Cc1ccc(CCNc2nccc(C(=O)O)n2)s1. The first kappa shape index (κ1) is 12.5. The number of carbonyl (C=O) groups is 1. The molecule has 0 aliphatic rings. The molecular formula is C12H13N3O2S. The van der Waals surface area contributed by atoms with Crippen molar-refractivity contribution in [2.45, 2.75) is 13.3 Å². The molecule has 2 N–H and O–H groups in total. The number of aromatic nitrogens is 2. The minimum atomic E-state index is -1.05. The number of carboxylic acids is 1. The maximum atomic E-state index is 10.7. The number of hydrogen-bond acceptors (Lipinski definition) is 5. The van der Waals surface area contributed by atoms with Crippen LogP contribution >= 0.6 is 11.3 Å². The highest BCUT2D eigenvalue weighted by atomic mass is 32.1. The van der Waals surface area contributed by atoms with Gasteiger partial charge in [0.05, 0.1) is 0 Å². The van der Waals surface area contributed by atoms with Crippen molar-refractivity contribution in [1.82, 2.24) is 9.97 Å². The Balaban J connectivity index is 1.90. The lowest BCUT2D eigenvalue weighted by atomic mass is 10.3. The van der Waals surface area contributed by atoms with Crippen LogP contribution in [0.25, 0.3) is 0 Å². The van der Waals surface area contributed by atoms with Gasteiger partial charge < -0.3 is 10.4 Å². The molecule has 0 aromatic carbocycles. The lowest BCUT2D eigenvalue weighted by Crippen LogP contribution is -2.10. The van der Waals surface area contributed by atoms with E-state index in [0.717, 1.165) is 6.42 Å². The standard InChI is InChI=1S/C12H13N3O2S/c1-8-2-3-9(18-8)4-6-13-12-14-7-5-10(15-12)11(16)17/h2-3,5,7H,4,6H2,1H3,(H,16,17)(H,13,14,15). The quantitative estimate of drug-likeness (QED) is 0.865. The molecule has 0 aliphatic heterocycles. The van der Waals surface area contributed by atoms with Crippen molar-refractivity contribution >= 4 is 23.3 Å². The first-order valence-electron chi connectivity index (χ1n) is 5.50. The average molecular weight is 263 g/mol. The summed E-state index contributed by atoms with van der Waals surface area (Å²) in [5.41, 5.74) is -0.000493. The van der Waals surface area contributed by atoms with E-state index in [4.69, 9.17) is 5.11 Å². The first-order chi connectivity index (χ1) is 8.65. The van der Waals surface area contributed by atoms with Gasteiger partial charge in [0.2, 0.25) is 5.95 Å². The van der Waals surface area contributed by atoms with Gasteiger partial charge >= 0.3 is 5.97 Å². The smallest absolute Gasteiger partial charge is 0.354 e. The molecule has 0 amide bonds. The van der Waals surface area contributed by atoms with Crippen molar-refractivity contribution in [3.05, 3.63) is 39.8 Å². The highest BCUT2D eigenvalue weighted by Crippen LogP contribution is 2.15. The van der Waals surface area contributed by atoms with E-state index >= 15 is 0 Å². The van der Waals surface area contributed by atoms with Gasteiger partial charge in [0, 0.05) is 22.5 Å². The van der Waals surface area contributed by atoms with E-state index in [9.17, 15) is 4.79 Å². The predicted octanol–water partition coefficient (Wildman–Crippen LogP) is 2.20. The molecule has 18 heavy (non-hydrogen) atoms. The molecule has 0 saturated carbocycles. The molecule has 2 aromatic rings. The van der Waals surface area contributed by atoms with Crippen LogP contribution in [0.2, 0.25) is 0 Å². The molecule has 94 valence electrons. The number of carboxylic acid groups (broad SMARTS) is 1. The van der Waals surface area contributed by atoms with Crippen molar-refractivity contribution < 1.29 is 9.90 Å². The van der Waals surface area contributed by atoms with Crippen LogP contribution in [0.15, 0.2) is 24.4 Å². The zero-order chi connectivity index (χ0) is 13.0. The summed E-state index contributed by atoms with van der Waals surface area (Å²) >= 11 is 1.76. The Bertz CT molecular complexity index is 554. The van der Waals surface area contributed by atoms with Crippen LogP contribution in [0.3, 0.4) is 0 Å². The van der Waals surface area contributed by atoms with Gasteiger partial charge in [-0.2, -0.15) is 0 Å². The summed E-state index contributed by atoms with van der Waals surface area (Å²) in [6.07, 6.45) is 2.31. The minimum Gasteiger partial charge on any atom is -0.477 e. The summed E-state index contributed by atoms with van der Waals surface area (Å²) in [5.74, 6) is -0.697. The summed E-state index contributed by atoms with van der Waals surface area (Å²) in [7, 11) is 0. The Morgan fingerprint density at radius 2 is 2.28 bits per heavy atom. The monoisotopic (exact) mass is 263 g/mol. The van der Waals surface area contributed by atoms with Crippen LogP contribution in [0, 0.1) is 6.92 Å². The number of aromatic carboxylic acids is 1. The Labute approximate surface area is 109 Å². The Kier molecular flexibility index (Phi) is 3.88. The summed E-state index contributed by atoms with van der Waals surface area (Å²) < 4.78 is 0. The van der Waals surface area contributed by atoms with E-state index in [0.29, 0.717) is 12.5 Å². The summed E-state index contributed by atoms with van der Waals surface area (Å²) in [5, 5.41) is 11.8. The van der Waals surface area contributed by atoms with E-state index in [1.807, 2.05) is 0 Å². The largest absolute Gasteiger partial charge is 0.477 e. The van der Waals surface area contributed by atoms with Gasteiger partial charge in [-0.1, -0.05) is 0 Å². The molecular weight excluding hydrogens is 250 g/mol. The van der Waals surface area contributed by atoms with E-state index in [1.54, 1.807) is 11.3 Å². The average Bonchev–Trinajstić information content (AvgIpc) is 2.75. The van der Waals surface area contributed by atoms with Crippen molar-refractivity contribution in [1.29, 1.82) is 0 Å². The fourth-order valence-corrected chi connectivity index (χ4v) is 2.37. The number of anilines is 1. The van der Waals surface area contributed by atoms with Crippen molar-refractivity contribution in [2.24, 2.45) is 0 Å². The van der Waals surface area contributed by atoms with Crippen LogP contribution in [-0.2, 0) is 6.42 Å². The van der Waals surface area contributed by atoms with E-state index < -0.39 is 5.97 Å². The van der Waals surface area contributed by atoms with Crippen LogP contribution < -0.4 is 5.32 Å². The lowest BCUT2D eigenvalue weighted by Gasteiger charge is -2.03. The molecule has 0 fully saturated rings. The third-order valence-electron chi connectivity index (χ3n) is 2.33. The molecule has 0 atom stereocenters. The molecule has 5 nitrogen and oxygen atoms in total. The zero-order valence-corrected chi connectivity index (χ0v) is 10.7. The number of aryl methyl sites for hydroxylation is 1. The molecule has 2 rings (SSSR count). The fraction of sp³-hybridized carbons (Fsp3) is 0.250. The van der Waals surface area contributed by atoms with Gasteiger partial charge in [-0.25, -0.2) is 14.8 Å². The van der Waals surface area contributed by atoms with Gasteiger partial charge in [-0.15, -0.1) is 11.3 Å².